The van der Waals surface area contributed by atoms with Gasteiger partial charge in [-0.05, 0) is 36.5 Å². The van der Waals surface area contributed by atoms with Crippen LogP contribution >= 0.6 is 0 Å². The molecule has 0 radical (unpaired) electrons. The number of ether oxygens (including phenoxy) is 2. The van der Waals surface area contributed by atoms with Gasteiger partial charge in [0, 0.05) is 32.7 Å². The molecule has 29 heavy (non-hydrogen) atoms. The second kappa shape index (κ2) is 8.92. The number of hydrogen-bond acceptors (Lipinski definition) is 5. The summed E-state index contributed by atoms with van der Waals surface area (Å²) < 4.78 is 11.4. The van der Waals surface area contributed by atoms with Crippen LogP contribution in [0.5, 0.6) is 11.5 Å². The number of nitrogens with zero attached hydrogens (tertiary/aromatic N) is 2. The molecule has 2 aliphatic heterocycles. The van der Waals surface area contributed by atoms with E-state index in [1.54, 1.807) is 0 Å². The fraction of sp³-hybridized carbons (Fsp3) is 0.696. The lowest BCUT2D eigenvalue weighted by atomic mass is 9.87. The van der Waals surface area contributed by atoms with Gasteiger partial charge in [0.2, 0.25) is 5.91 Å². The number of rotatable bonds is 6. The first-order valence-electron chi connectivity index (χ1n) is 11.2. The van der Waals surface area contributed by atoms with Crippen LogP contribution < -0.4 is 14.8 Å². The highest BCUT2D eigenvalue weighted by molar-refractivity contribution is 5.79. The van der Waals surface area contributed by atoms with Crippen LogP contribution in [0.1, 0.15) is 45.1 Å². The van der Waals surface area contributed by atoms with Crippen molar-refractivity contribution in [3.8, 4) is 11.5 Å². The average Bonchev–Trinajstić information content (AvgIpc) is 3.18. The smallest absolute Gasteiger partial charge is 0.234 e. The van der Waals surface area contributed by atoms with Gasteiger partial charge in [-0.2, -0.15) is 0 Å². The van der Waals surface area contributed by atoms with E-state index in [9.17, 15) is 4.79 Å². The van der Waals surface area contributed by atoms with Crippen LogP contribution in [0, 0.1) is 5.92 Å². The highest BCUT2D eigenvalue weighted by Gasteiger charge is 2.38. The monoisotopic (exact) mass is 401 g/mol. The van der Waals surface area contributed by atoms with Gasteiger partial charge < -0.3 is 19.7 Å². The zero-order chi connectivity index (χ0) is 20.3. The minimum atomic E-state index is -0.271. The lowest BCUT2D eigenvalue weighted by molar-refractivity contribution is -0.124. The standard InChI is InChI=1S/C23H35N3O3/c1-18(2)16-25-9-11-26(12-10-25)17-22(27)24-23(7-3-4-8-23)19-5-6-20-21(15-19)29-14-13-28-20/h5-6,15,18H,3-4,7-14,16-17H2,1-2H3,(H,24,27). The van der Waals surface area contributed by atoms with Crippen LogP contribution in [-0.2, 0) is 10.3 Å². The van der Waals surface area contributed by atoms with Crippen molar-refractivity contribution < 1.29 is 14.3 Å². The summed E-state index contributed by atoms with van der Waals surface area (Å²) in [5.74, 6) is 2.44. The Balaban J connectivity index is 1.38. The molecule has 4 rings (SSSR count). The predicted octanol–water partition coefficient (Wildman–Crippen LogP) is 2.62. The van der Waals surface area contributed by atoms with Crippen LogP contribution in [0.25, 0.3) is 0 Å². The first kappa shape index (κ1) is 20.5. The van der Waals surface area contributed by atoms with Crippen LogP contribution in [0.4, 0.5) is 0 Å². The van der Waals surface area contributed by atoms with Crippen molar-refractivity contribution in [3.63, 3.8) is 0 Å². The molecule has 1 aromatic carbocycles. The summed E-state index contributed by atoms with van der Waals surface area (Å²) in [4.78, 5) is 17.8. The topological polar surface area (TPSA) is 54.0 Å². The molecule has 6 heteroatoms. The fourth-order valence-electron chi connectivity index (χ4n) is 4.96. The number of nitrogens with one attached hydrogen (secondary N) is 1. The van der Waals surface area contributed by atoms with Crippen LogP contribution in [0.3, 0.4) is 0 Å². The molecule has 0 aromatic heterocycles. The molecular weight excluding hydrogens is 366 g/mol. The van der Waals surface area contributed by atoms with Crippen molar-refractivity contribution in [2.75, 3.05) is 52.5 Å². The first-order chi connectivity index (χ1) is 14.0. The lowest BCUT2D eigenvalue weighted by Gasteiger charge is -2.37. The van der Waals surface area contributed by atoms with Crippen molar-refractivity contribution in [1.29, 1.82) is 0 Å². The summed E-state index contributed by atoms with van der Waals surface area (Å²) in [7, 11) is 0. The lowest BCUT2D eigenvalue weighted by Crippen LogP contribution is -2.52. The largest absolute Gasteiger partial charge is 0.486 e. The molecule has 1 N–H and O–H groups in total. The molecule has 160 valence electrons. The molecular formula is C23H35N3O3. The Hall–Kier alpha value is -1.79. The number of carbonyl (C=O) groups excluding carboxylic acids is 1. The Morgan fingerprint density at radius 2 is 1.69 bits per heavy atom. The minimum Gasteiger partial charge on any atom is -0.486 e. The van der Waals surface area contributed by atoms with E-state index in [0.29, 0.717) is 25.7 Å². The Labute approximate surface area is 174 Å². The molecule has 3 aliphatic rings. The van der Waals surface area contributed by atoms with E-state index in [0.717, 1.165) is 75.5 Å². The molecule has 1 saturated heterocycles. The van der Waals surface area contributed by atoms with Crippen molar-refractivity contribution >= 4 is 5.91 Å². The number of fused-ring (bicyclic) bond motifs is 1. The number of benzene rings is 1. The maximum Gasteiger partial charge on any atom is 0.234 e. The van der Waals surface area contributed by atoms with Gasteiger partial charge in [-0.3, -0.25) is 9.69 Å². The third-order valence-corrected chi connectivity index (χ3v) is 6.39. The zero-order valence-electron chi connectivity index (χ0n) is 17.9. The van der Waals surface area contributed by atoms with Crippen LogP contribution in [-0.4, -0.2) is 68.2 Å². The number of piperazine rings is 1. The number of hydrogen-bond donors (Lipinski definition) is 1. The molecule has 1 aliphatic carbocycles. The molecule has 2 heterocycles. The molecule has 2 fully saturated rings. The normalized spacial score (nSPS) is 22.0. The third-order valence-electron chi connectivity index (χ3n) is 6.39. The summed E-state index contributed by atoms with van der Waals surface area (Å²) in [6.07, 6.45) is 4.26. The number of carbonyl (C=O) groups is 1. The van der Waals surface area contributed by atoms with Gasteiger partial charge in [-0.25, -0.2) is 0 Å². The van der Waals surface area contributed by atoms with Gasteiger partial charge in [0.05, 0.1) is 12.1 Å². The summed E-state index contributed by atoms with van der Waals surface area (Å²) in [5, 5.41) is 3.42. The molecule has 1 saturated carbocycles. The SMILES string of the molecule is CC(C)CN1CCN(CC(=O)NC2(c3ccc4c(c3)OCCO4)CCCC2)CC1. The maximum absolute atomic E-state index is 13.0. The van der Waals surface area contributed by atoms with Crippen molar-refractivity contribution in [2.45, 2.75) is 45.1 Å². The van der Waals surface area contributed by atoms with E-state index in [-0.39, 0.29) is 11.4 Å². The van der Waals surface area contributed by atoms with Crippen molar-refractivity contribution in [3.05, 3.63) is 23.8 Å². The van der Waals surface area contributed by atoms with Crippen molar-refractivity contribution in [1.82, 2.24) is 15.1 Å². The highest BCUT2D eigenvalue weighted by Crippen LogP contribution is 2.42. The molecule has 1 aromatic rings. The zero-order valence-corrected chi connectivity index (χ0v) is 17.9. The summed E-state index contributed by atoms with van der Waals surface area (Å²) in [6.45, 7) is 11.4. The van der Waals surface area contributed by atoms with Gasteiger partial charge >= 0.3 is 0 Å². The molecule has 6 nitrogen and oxygen atoms in total. The highest BCUT2D eigenvalue weighted by atomic mass is 16.6. The summed E-state index contributed by atoms with van der Waals surface area (Å²) in [6, 6.07) is 6.17. The van der Waals surface area contributed by atoms with E-state index in [4.69, 9.17) is 9.47 Å². The van der Waals surface area contributed by atoms with E-state index < -0.39 is 0 Å². The predicted molar refractivity (Wildman–Crippen MR) is 113 cm³/mol. The van der Waals surface area contributed by atoms with Crippen molar-refractivity contribution in [2.24, 2.45) is 5.92 Å². The quantitative estimate of drug-likeness (QED) is 0.794. The van der Waals surface area contributed by atoms with Gasteiger partial charge in [0.25, 0.3) is 0 Å². The van der Waals surface area contributed by atoms with Crippen LogP contribution in [0.15, 0.2) is 18.2 Å². The Morgan fingerprint density at radius 3 is 2.38 bits per heavy atom. The Morgan fingerprint density at radius 1 is 1.03 bits per heavy atom. The molecule has 0 atom stereocenters. The Kier molecular flexibility index (Phi) is 6.30. The summed E-state index contributed by atoms with van der Waals surface area (Å²) in [5.41, 5.74) is 0.876. The number of amides is 1. The molecule has 1 amide bonds. The van der Waals surface area contributed by atoms with Gasteiger partial charge in [-0.1, -0.05) is 32.8 Å². The molecule has 0 bridgehead atoms. The maximum atomic E-state index is 13.0. The summed E-state index contributed by atoms with van der Waals surface area (Å²) >= 11 is 0. The average molecular weight is 402 g/mol. The van der Waals surface area contributed by atoms with E-state index in [1.165, 1.54) is 0 Å². The van der Waals surface area contributed by atoms with E-state index >= 15 is 0 Å². The second-order valence-corrected chi connectivity index (χ2v) is 9.17. The molecule has 0 spiro atoms. The molecule has 0 unspecified atom stereocenters. The second-order valence-electron chi connectivity index (χ2n) is 9.17. The first-order valence-corrected chi connectivity index (χ1v) is 11.2. The Bertz CT molecular complexity index is 707. The van der Waals surface area contributed by atoms with E-state index in [1.807, 2.05) is 6.07 Å². The van der Waals surface area contributed by atoms with Gasteiger partial charge in [0.15, 0.2) is 11.5 Å². The van der Waals surface area contributed by atoms with Gasteiger partial charge in [0.1, 0.15) is 13.2 Å². The van der Waals surface area contributed by atoms with Gasteiger partial charge in [-0.15, -0.1) is 0 Å². The third kappa shape index (κ3) is 4.86. The minimum absolute atomic E-state index is 0.138. The van der Waals surface area contributed by atoms with E-state index in [2.05, 4.69) is 41.1 Å². The van der Waals surface area contributed by atoms with Crippen LogP contribution in [0.2, 0.25) is 0 Å². The fourth-order valence-corrected chi connectivity index (χ4v) is 4.96.